The fourth-order valence-electron chi connectivity index (χ4n) is 1.45. The molecule has 0 aliphatic carbocycles. The summed E-state index contributed by atoms with van der Waals surface area (Å²) in [4.78, 5) is 3.50. The Balaban J connectivity index is 2.08. The van der Waals surface area contributed by atoms with E-state index in [1.807, 2.05) is 60.7 Å². The van der Waals surface area contributed by atoms with Gasteiger partial charge in [-0.25, -0.2) is 0 Å². The van der Waals surface area contributed by atoms with Crippen molar-refractivity contribution in [3.8, 4) is 17.7 Å². The van der Waals surface area contributed by atoms with Crippen LogP contribution in [0.25, 0.3) is 0 Å². The van der Waals surface area contributed by atoms with Crippen molar-refractivity contribution in [1.82, 2.24) is 0 Å². The molecule has 0 radical (unpaired) electrons. The van der Waals surface area contributed by atoms with Crippen LogP contribution in [0.15, 0.2) is 65.7 Å². The van der Waals surface area contributed by atoms with Gasteiger partial charge in [0, 0.05) is 0 Å². The Morgan fingerprint density at radius 3 is 1.79 bits per heavy atom. The Bertz CT molecular complexity index is 520. The first-order valence-corrected chi connectivity index (χ1v) is 5.74. The molecule has 19 heavy (non-hydrogen) atoms. The maximum absolute atomic E-state index is 8.49. The van der Waals surface area contributed by atoms with E-state index < -0.39 is 6.29 Å². The molecule has 0 N–H and O–H groups in total. The van der Waals surface area contributed by atoms with Gasteiger partial charge in [0.05, 0.1) is 6.21 Å². The second-order valence-electron chi connectivity index (χ2n) is 3.61. The summed E-state index contributed by atoms with van der Waals surface area (Å²) in [5.74, 6) is 1.29. The van der Waals surface area contributed by atoms with E-state index in [4.69, 9.17) is 14.7 Å². The minimum absolute atomic E-state index is 0.646. The van der Waals surface area contributed by atoms with E-state index in [2.05, 4.69) is 4.99 Å². The SMILES string of the molecule is N#CN=CC(Oc1ccccc1)Oc1ccccc1. The lowest BCUT2D eigenvalue weighted by atomic mass is 10.3. The minimum Gasteiger partial charge on any atom is -0.450 e. The topological polar surface area (TPSA) is 54.6 Å². The summed E-state index contributed by atoms with van der Waals surface area (Å²) >= 11 is 0. The van der Waals surface area contributed by atoms with Crippen molar-refractivity contribution in [3.63, 3.8) is 0 Å². The first-order chi connectivity index (χ1) is 9.38. The van der Waals surface area contributed by atoms with Crippen molar-refractivity contribution in [2.75, 3.05) is 0 Å². The highest BCUT2D eigenvalue weighted by Crippen LogP contribution is 2.14. The van der Waals surface area contributed by atoms with Gasteiger partial charge >= 0.3 is 0 Å². The predicted octanol–water partition coefficient (Wildman–Crippen LogP) is 3.02. The fourth-order valence-corrected chi connectivity index (χ4v) is 1.45. The smallest absolute Gasteiger partial charge is 0.278 e. The van der Waals surface area contributed by atoms with Crippen LogP contribution in [0.5, 0.6) is 11.5 Å². The summed E-state index contributed by atoms with van der Waals surface area (Å²) in [6.07, 6.45) is 2.25. The van der Waals surface area contributed by atoms with E-state index in [1.165, 1.54) is 6.21 Å². The van der Waals surface area contributed by atoms with E-state index >= 15 is 0 Å². The molecule has 0 unspecified atom stereocenters. The van der Waals surface area contributed by atoms with Gasteiger partial charge in [0.1, 0.15) is 11.5 Å². The van der Waals surface area contributed by atoms with Gasteiger partial charge in [-0.3, -0.25) is 0 Å². The van der Waals surface area contributed by atoms with Crippen LogP contribution in [0, 0.1) is 11.5 Å². The van der Waals surface area contributed by atoms with Crippen LogP contribution >= 0.6 is 0 Å². The Hall–Kier alpha value is -2.80. The Labute approximate surface area is 111 Å². The van der Waals surface area contributed by atoms with Gasteiger partial charge in [0.2, 0.25) is 6.19 Å². The molecule has 94 valence electrons. The zero-order chi connectivity index (χ0) is 13.3. The van der Waals surface area contributed by atoms with E-state index in [1.54, 1.807) is 6.19 Å². The molecule has 0 saturated heterocycles. The van der Waals surface area contributed by atoms with Gasteiger partial charge in [-0.05, 0) is 24.3 Å². The predicted molar refractivity (Wildman–Crippen MR) is 72.0 cm³/mol. The summed E-state index contributed by atoms with van der Waals surface area (Å²) in [5.41, 5.74) is 0. The lowest BCUT2D eigenvalue weighted by Gasteiger charge is -2.16. The van der Waals surface area contributed by atoms with Crippen molar-refractivity contribution >= 4 is 6.21 Å². The molecule has 0 heterocycles. The zero-order valence-electron chi connectivity index (χ0n) is 10.1. The maximum Gasteiger partial charge on any atom is 0.278 e. The first kappa shape index (κ1) is 12.7. The number of rotatable bonds is 5. The van der Waals surface area contributed by atoms with Gasteiger partial charge in [-0.2, -0.15) is 10.3 Å². The number of nitriles is 1. The average Bonchev–Trinajstić information content (AvgIpc) is 2.47. The van der Waals surface area contributed by atoms with Crippen LogP contribution in [0.3, 0.4) is 0 Å². The van der Waals surface area contributed by atoms with Crippen molar-refractivity contribution in [3.05, 3.63) is 60.7 Å². The highest BCUT2D eigenvalue weighted by Gasteiger charge is 2.09. The van der Waals surface area contributed by atoms with Crippen LogP contribution in [-0.2, 0) is 0 Å². The Morgan fingerprint density at radius 2 is 1.37 bits per heavy atom. The van der Waals surface area contributed by atoms with Crippen LogP contribution in [0.1, 0.15) is 0 Å². The second kappa shape index (κ2) is 6.82. The number of benzene rings is 2. The Morgan fingerprint density at radius 1 is 0.895 bits per heavy atom. The van der Waals surface area contributed by atoms with Crippen LogP contribution in [0.2, 0.25) is 0 Å². The molecule has 2 aromatic carbocycles. The number of aliphatic imine (C=N–C) groups is 1. The third-order valence-corrected chi connectivity index (χ3v) is 2.24. The average molecular weight is 252 g/mol. The minimum atomic E-state index is -0.746. The zero-order valence-corrected chi connectivity index (χ0v) is 10.1. The van der Waals surface area contributed by atoms with Gasteiger partial charge < -0.3 is 9.47 Å². The number of hydrogen-bond donors (Lipinski definition) is 0. The summed E-state index contributed by atoms with van der Waals surface area (Å²) in [6, 6.07) is 18.4. The molecule has 0 fully saturated rings. The van der Waals surface area contributed by atoms with Crippen LogP contribution in [0.4, 0.5) is 0 Å². The van der Waals surface area contributed by atoms with Crippen molar-refractivity contribution < 1.29 is 9.47 Å². The highest BCUT2D eigenvalue weighted by molar-refractivity contribution is 5.63. The van der Waals surface area contributed by atoms with Crippen molar-refractivity contribution in [2.24, 2.45) is 4.99 Å². The molecule has 0 aromatic heterocycles. The van der Waals surface area contributed by atoms with Gasteiger partial charge in [0.15, 0.2) is 0 Å². The van der Waals surface area contributed by atoms with Crippen LogP contribution < -0.4 is 9.47 Å². The third-order valence-electron chi connectivity index (χ3n) is 2.24. The standard InChI is InChI=1S/C15H12N2O2/c16-12-17-11-15(18-13-7-3-1-4-8-13)19-14-9-5-2-6-10-14/h1-11,15H. The Kier molecular flexibility index (Phi) is 4.54. The van der Waals surface area contributed by atoms with E-state index in [0.717, 1.165) is 0 Å². The second-order valence-corrected chi connectivity index (χ2v) is 3.61. The molecule has 0 aliphatic heterocycles. The number of nitrogens with zero attached hydrogens (tertiary/aromatic N) is 2. The van der Waals surface area contributed by atoms with Crippen molar-refractivity contribution in [2.45, 2.75) is 6.29 Å². The monoisotopic (exact) mass is 252 g/mol. The number of para-hydroxylation sites is 2. The number of hydrogen-bond acceptors (Lipinski definition) is 4. The lowest BCUT2D eigenvalue weighted by molar-refractivity contribution is 0.0684. The summed E-state index contributed by atoms with van der Waals surface area (Å²) in [6.45, 7) is 0. The molecular formula is C15H12N2O2. The first-order valence-electron chi connectivity index (χ1n) is 5.74. The lowest BCUT2D eigenvalue weighted by Crippen LogP contribution is -2.25. The summed E-state index contributed by atoms with van der Waals surface area (Å²) < 4.78 is 11.2. The summed E-state index contributed by atoms with van der Waals surface area (Å²) in [7, 11) is 0. The normalized spacial score (nSPS) is 10.3. The number of ether oxygens (including phenoxy) is 2. The van der Waals surface area contributed by atoms with Gasteiger partial charge in [-0.1, -0.05) is 36.4 Å². The van der Waals surface area contributed by atoms with Gasteiger partial charge in [-0.15, -0.1) is 0 Å². The molecular weight excluding hydrogens is 240 g/mol. The molecule has 0 spiro atoms. The van der Waals surface area contributed by atoms with E-state index in [-0.39, 0.29) is 0 Å². The van der Waals surface area contributed by atoms with Crippen molar-refractivity contribution in [1.29, 1.82) is 5.26 Å². The third kappa shape index (κ3) is 4.17. The summed E-state index contributed by atoms with van der Waals surface area (Å²) in [5, 5.41) is 8.49. The fraction of sp³-hybridized carbons (Fsp3) is 0.0667. The molecule has 0 bridgehead atoms. The highest BCUT2D eigenvalue weighted by atomic mass is 16.7. The molecule has 0 amide bonds. The van der Waals surface area contributed by atoms with Crippen LogP contribution in [-0.4, -0.2) is 12.5 Å². The molecule has 2 aromatic rings. The molecule has 2 rings (SSSR count). The largest absolute Gasteiger partial charge is 0.450 e. The van der Waals surface area contributed by atoms with Gasteiger partial charge in [0.25, 0.3) is 6.29 Å². The molecule has 0 aliphatic rings. The quantitative estimate of drug-likeness (QED) is 0.467. The molecule has 4 nitrogen and oxygen atoms in total. The maximum atomic E-state index is 8.49. The van der Waals surface area contributed by atoms with E-state index in [0.29, 0.717) is 11.5 Å². The molecule has 0 atom stereocenters. The molecule has 0 saturated carbocycles. The van der Waals surface area contributed by atoms with E-state index in [9.17, 15) is 0 Å². The molecule has 4 heteroatoms.